The van der Waals surface area contributed by atoms with Crippen LogP contribution in [0.25, 0.3) is 0 Å². The lowest BCUT2D eigenvalue weighted by atomic mass is 9.84. The molecule has 1 fully saturated rings. The largest absolute Gasteiger partial charge is 0.465 e. The summed E-state index contributed by atoms with van der Waals surface area (Å²) in [6.07, 6.45) is 0.983. The van der Waals surface area contributed by atoms with E-state index in [1.165, 1.54) is 7.11 Å². The minimum absolute atomic E-state index is 0.365. The van der Waals surface area contributed by atoms with Gasteiger partial charge in [-0.05, 0) is 38.1 Å². The first kappa shape index (κ1) is 15.6. The van der Waals surface area contributed by atoms with Crippen LogP contribution >= 0.6 is 0 Å². The Morgan fingerprint density at radius 1 is 1.33 bits per heavy atom. The van der Waals surface area contributed by atoms with Gasteiger partial charge in [0, 0.05) is 18.4 Å². The number of carbonyl (C=O) groups excluding carboxylic acids is 1. The quantitative estimate of drug-likeness (QED) is 0.635. The van der Waals surface area contributed by atoms with Gasteiger partial charge in [0.15, 0.2) is 0 Å². The maximum atomic E-state index is 11.3. The Morgan fingerprint density at radius 3 is 2.57 bits per heavy atom. The molecule has 1 aliphatic heterocycles. The smallest absolute Gasteiger partial charge is 0.337 e. The van der Waals surface area contributed by atoms with E-state index in [2.05, 4.69) is 16.6 Å². The third kappa shape index (κ3) is 4.07. The zero-order valence-electron chi connectivity index (χ0n) is 12.6. The molecule has 4 nitrogen and oxygen atoms in total. The van der Waals surface area contributed by atoms with Gasteiger partial charge in [0.2, 0.25) is 0 Å². The predicted molar refractivity (Wildman–Crippen MR) is 78.9 cm³/mol. The van der Waals surface area contributed by atoms with Crippen LogP contribution in [0.5, 0.6) is 0 Å². The highest BCUT2D eigenvalue weighted by Crippen LogP contribution is 2.31. The summed E-state index contributed by atoms with van der Waals surface area (Å²) in [6.45, 7) is 4.40. The molecule has 21 heavy (non-hydrogen) atoms. The normalized spacial score (nSPS) is 23.8. The van der Waals surface area contributed by atoms with Gasteiger partial charge in [0.05, 0.1) is 24.9 Å². The van der Waals surface area contributed by atoms with E-state index in [1.807, 2.05) is 13.8 Å². The first-order chi connectivity index (χ1) is 9.84. The maximum absolute atomic E-state index is 11.3. The molecule has 2 rings (SSSR count). The molecule has 0 spiro atoms. The topological polar surface area (TPSA) is 55.8 Å². The Balaban J connectivity index is 2.13. The molecular formula is C17H20O4. The third-order valence-corrected chi connectivity index (χ3v) is 3.47. The van der Waals surface area contributed by atoms with Crippen LogP contribution < -0.4 is 0 Å². The molecule has 0 amide bonds. The molecule has 0 saturated carbocycles. The number of aliphatic hydroxyl groups is 1. The summed E-state index contributed by atoms with van der Waals surface area (Å²) < 4.78 is 10.2. The van der Waals surface area contributed by atoms with Crippen molar-refractivity contribution >= 4 is 5.97 Å². The van der Waals surface area contributed by atoms with E-state index >= 15 is 0 Å². The van der Waals surface area contributed by atoms with Crippen LogP contribution in [0.1, 0.15) is 42.6 Å². The second kappa shape index (κ2) is 5.88. The third-order valence-electron chi connectivity index (χ3n) is 3.47. The lowest BCUT2D eigenvalue weighted by Crippen LogP contribution is -2.44. The Hall–Kier alpha value is -1.83. The zero-order valence-corrected chi connectivity index (χ0v) is 12.6. The molecular weight excluding hydrogens is 268 g/mol. The Morgan fingerprint density at radius 2 is 2.00 bits per heavy atom. The fourth-order valence-corrected chi connectivity index (χ4v) is 2.44. The minimum Gasteiger partial charge on any atom is -0.465 e. The van der Waals surface area contributed by atoms with Crippen LogP contribution in [0.2, 0.25) is 0 Å². The van der Waals surface area contributed by atoms with Crippen molar-refractivity contribution < 1.29 is 19.4 Å². The molecule has 1 aromatic carbocycles. The molecule has 1 saturated heterocycles. The molecule has 0 radical (unpaired) electrons. The van der Waals surface area contributed by atoms with Crippen LogP contribution in [-0.2, 0) is 9.47 Å². The number of hydrogen-bond acceptors (Lipinski definition) is 4. The molecule has 1 aliphatic rings. The van der Waals surface area contributed by atoms with Gasteiger partial charge in [-0.3, -0.25) is 0 Å². The van der Waals surface area contributed by atoms with E-state index < -0.39 is 5.60 Å². The number of esters is 1. The second-order valence-corrected chi connectivity index (χ2v) is 5.89. The number of benzene rings is 1. The lowest BCUT2D eigenvalue weighted by molar-refractivity contribution is -0.120. The molecule has 1 heterocycles. The number of rotatable bonds is 1. The van der Waals surface area contributed by atoms with Crippen molar-refractivity contribution in [1.82, 2.24) is 0 Å². The van der Waals surface area contributed by atoms with Crippen molar-refractivity contribution in [2.75, 3.05) is 13.7 Å². The summed E-state index contributed by atoms with van der Waals surface area (Å²) >= 11 is 0. The average molecular weight is 288 g/mol. The molecule has 1 atom stereocenters. The fraction of sp³-hybridized carbons (Fsp3) is 0.471. The predicted octanol–water partition coefficient (Wildman–Crippen LogP) is 2.14. The van der Waals surface area contributed by atoms with E-state index in [0.717, 1.165) is 5.56 Å². The number of ether oxygens (including phenoxy) is 2. The Bertz CT molecular complexity index is 577. The van der Waals surface area contributed by atoms with Gasteiger partial charge in [-0.25, -0.2) is 4.79 Å². The summed E-state index contributed by atoms with van der Waals surface area (Å²) in [6, 6.07) is 6.81. The van der Waals surface area contributed by atoms with E-state index in [0.29, 0.717) is 25.0 Å². The monoisotopic (exact) mass is 288 g/mol. The summed E-state index contributed by atoms with van der Waals surface area (Å²) in [5.74, 6) is 5.54. The zero-order chi connectivity index (χ0) is 15.5. The molecule has 0 aromatic heterocycles. The fourth-order valence-electron chi connectivity index (χ4n) is 2.44. The highest BCUT2D eigenvalue weighted by Gasteiger charge is 2.38. The second-order valence-electron chi connectivity index (χ2n) is 5.89. The van der Waals surface area contributed by atoms with Crippen molar-refractivity contribution in [2.24, 2.45) is 0 Å². The average Bonchev–Trinajstić information content (AvgIpc) is 2.43. The highest BCUT2D eigenvalue weighted by atomic mass is 16.5. The summed E-state index contributed by atoms with van der Waals surface area (Å²) in [7, 11) is 1.35. The van der Waals surface area contributed by atoms with Gasteiger partial charge in [-0.1, -0.05) is 11.8 Å². The number of carbonyl (C=O) groups is 1. The molecule has 1 unspecified atom stereocenters. The van der Waals surface area contributed by atoms with Gasteiger partial charge in [0.1, 0.15) is 5.60 Å². The molecule has 0 aliphatic carbocycles. The van der Waals surface area contributed by atoms with E-state index in [4.69, 9.17) is 4.74 Å². The summed E-state index contributed by atoms with van der Waals surface area (Å²) in [5.41, 5.74) is -0.159. The van der Waals surface area contributed by atoms with Crippen LogP contribution in [0.4, 0.5) is 0 Å². The van der Waals surface area contributed by atoms with Crippen LogP contribution in [0.15, 0.2) is 24.3 Å². The van der Waals surface area contributed by atoms with E-state index in [-0.39, 0.29) is 11.6 Å². The number of methoxy groups -OCH3 is 1. The maximum Gasteiger partial charge on any atom is 0.337 e. The molecule has 0 bridgehead atoms. The van der Waals surface area contributed by atoms with E-state index in [9.17, 15) is 9.90 Å². The Kier molecular flexibility index (Phi) is 4.36. The summed E-state index contributed by atoms with van der Waals surface area (Å²) in [5, 5.41) is 10.5. The molecule has 1 aromatic rings. The van der Waals surface area contributed by atoms with Crippen molar-refractivity contribution in [3.8, 4) is 11.8 Å². The van der Waals surface area contributed by atoms with Gasteiger partial charge in [0.25, 0.3) is 0 Å². The van der Waals surface area contributed by atoms with E-state index in [1.54, 1.807) is 24.3 Å². The SMILES string of the molecule is COC(=O)c1ccc(C#CC2(O)CCOC(C)(C)C2)cc1. The van der Waals surface area contributed by atoms with Crippen molar-refractivity contribution in [2.45, 2.75) is 37.9 Å². The molecule has 4 heteroatoms. The first-order valence-electron chi connectivity index (χ1n) is 6.91. The van der Waals surface area contributed by atoms with Crippen LogP contribution in [-0.4, -0.2) is 36.0 Å². The number of hydrogen-bond donors (Lipinski definition) is 1. The molecule has 112 valence electrons. The van der Waals surface area contributed by atoms with Crippen molar-refractivity contribution in [3.63, 3.8) is 0 Å². The van der Waals surface area contributed by atoms with Gasteiger partial charge in [-0.15, -0.1) is 0 Å². The first-order valence-corrected chi connectivity index (χ1v) is 6.91. The highest BCUT2D eigenvalue weighted by molar-refractivity contribution is 5.89. The molecule has 1 N–H and O–H groups in total. The van der Waals surface area contributed by atoms with Crippen molar-refractivity contribution in [1.29, 1.82) is 0 Å². The van der Waals surface area contributed by atoms with Gasteiger partial charge in [-0.2, -0.15) is 0 Å². The van der Waals surface area contributed by atoms with Gasteiger partial charge >= 0.3 is 5.97 Å². The summed E-state index contributed by atoms with van der Waals surface area (Å²) in [4.78, 5) is 11.3. The van der Waals surface area contributed by atoms with Crippen LogP contribution in [0.3, 0.4) is 0 Å². The minimum atomic E-state index is -1.03. The standard InChI is InChI=1S/C17H20O4/c1-16(2)12-17(19,10-11-21-16)9-8-13-4-6-14(7-5-13)15(18)20-3/h4-7,19H,10-12H2,1-3H3. The van der Waals surface area contributed by atoms with Gasteiger partial charge < -0.3 is 14.6 Å². The van der Waals surface area contributed by atoms with Crippen LogP contribution in [0, 0.1) is 11.8 Å². The lowest BCUT2D eigenvalue weighted by Gasteiger charge is -2.38. The van der Waals surface area contributed by atoms with Crippen molar-refractivity contribution in [3.05, 3.63) is 35.4 Å². The Labute approximate surface area is 125 Å².